The van der Waals surface area contributed by atoms with Gasteiger partial charge in [-0.15, -0.1) is 0 Å². The molecule has 42 heavy (non-hydrogen) atoms. The first-order valence-corrected chi connectivity index (χ1v) is 13.9. The summed E-state index contributed by atoms with van der Waals surface area (Å²) in [5.74, 6) is -0.873. The molecule has 0 aromatic heterocycles. The van der Waals surface area contributed by atoms with Gasteiger partial charge >= 0.3 is 5.97 Å². The van der Waals surface area contributed by atoms with E-state index in [2.05, 4.69) is 11.9 Å². The maximum atomic E-state index is 12.7. The first-order valence-electron chi connectivity index (χ1n) is 13.9. The lowest BCUT2D eigenvalue weighted by atomic mass is 9.95. The lowest BCUT2D eigenvalue weighted by Crippen LogP contribution is -2.67. The smallest absolute Gasteiger partial charge is 0.336 e. The molecular weight excluding hydrogens is 538 g/mol. The highest BCUT2D eigenvalue weighted by Gasteiger charge is 2.51. The molecule has 220 valence electrons. The number of benzene rings is 3. The molecule has 2 saturated heterocycles. The van der Waals surface area contributed by atoms with E-state index < -0.39 is 42.9 Å². The molecule has 0 unspecified atom stereocenters. The summed E-state index contributed by atoms with van der Waals surface area (Å²) in [6.45, 7) is 5.72. The van der Waals surface area contributed by atoms with Crippen LogP contribution >= 0.6 is 0 Å². The van der Waals surface area contributed by atoms with Crippen molar-refractivity contribution in [2.75, 3.05) is 13.2 Å². The molecule has 2 aliphatic rings. The van der Waals surface area contributed by atoms with Crippen LogP contribution in [0.1, 0.15) is 29.9 Å². The number of esters is 1. The Balaban J connectivity index is 1.33. The zero-order valence-electron chi connectivity index (χ0n) is 23.4. The molecule has 0 radical (unpaired) electrons. The molecule has 5 rings (SSSR count). The standard InChI is InChI=1S/C33H35NO8/c1-22(31(36)38-19-24-12-6-3-7-13-24)18-37-30-28(34-23(2)35)33(39-20-25-14-8-4-9-15-25)41-27-21-40-32(42-29(27)30)26-16-10-5-11-17-26/h3-17,27-30,32-33H,1,18-21H2,2H3,(H,34,35)/t27-,28-,29+,30-,32+,33+/m0/s1. The maximum absolute atomic E-state index is 12.7. The Bertz CT molecular complexity index is 1320. The van der Waals surface area contributed by atoms with Gasteiger partial charge in [-0.05, 0) is 11.1 Å². The fourth-order valence-electron chi connectivity index (χ4n) is 4.91. The highest BCUT2D eigenvalue weighted by Crippen LogP contribution is 2.36. The minimum Gasteiger partial charge on any atom is -0.457 e. The van der Waals surface area contributed by atoms with Crippen molar-refractivity contribution < 1.29 is 38.0 Å². The quantitative estimate of drug-likeness (QED) is 0.269. The normalized spacial score (nSPS) is 25.2. The first-order chi connectivity index (χ1) is 20.5. The molecule has 9 heteroatoms. The molecule has 9 nitrogen and oxygen atoms in total. The van der Waals surface area contributed by atoms with Gasteiger partial charge in [0, 0.05) is 12.5 Å². The van der Waals surface area contributed by atoms with Crippen molar-refractivity contribution in [1.82, 2.24) is 5.32 Å². The predicted molar refractivity (Wildman–Crippen MR) is 153 cm³/mol. The highest BCUT2D eigenvalue weighted by atomic mass is 16.7. The average Bonchev–Trinajstić information content (AvgIpc) is 3.03. The number of carbonyl (C=O) groups is 2. The van der Waals surface area contributed by atoms with Crippen LogP contribution in [0, 0.1) is 0 Å². The molecule has 0 bridgehead atoms. The van der Waals surface area contributed by atoms with Crippen LogP contribution in [0.25, 0.3) is 0 Å². The molecule has 2 fully saturated rings. The Morgan fingerprint density at radius 2 is 1.48 bits per heavy atom. The topological polar surface area (TPSA) is 102 Å². The van der Waals surface area contributed by atoms with Crippen molar-refractivity contribution in [2.45, 2.75) is 57.1 Å². The Kier molecular flexibility index (Phi) is 10.1. The van der Waals surface area contributed by atoms with Crippen LogP contribution < -0.4 is 5.32 Å². The van der Waals surface area contributed by atoms with Crippen LogP contribution in [-0.2, 0) is 51.2 Å². The van der Waals surface area contributed by atoms with E-state index in [0.717, 1.165) is 16.7 Å². The maximum Gasteiger partial charge on any atom is 0.336 e. The number of hydrogen-bond acceptors (Lipinski definition) is 8. The molecule has 3 aromatic rings. The minimum absolute atomic E-state index is 0.115. The predicted octanol–water partition coefficient (Wildman–Crippen LogP) is 4.23. The van der Waals surface area contributed by atoms with Crippen molar-refractivity contribution in [1.29, 1.82) is 0 Å². The van der Waals surface area contributed by atoms with Gasteiger partial charge in [0.15, 0.2) is 12.6 Å². The minimum atomic E-state index is -0.876. The van der Waals surface area contributed by atoms with Gasteiger partial charge in [0.25, 0.3) is 0 Å². The summed E-state index contributed by atoms with van der Waals surface area (Å²) in [6.07, 6.45) is -3.51. The summed E-state index contributed by atoms with van der Waals surface area (Å²) in [6, 6.07) is 27.8. The molecule has 0 saturated carbocycles. The molecule has 1 amide bonds. The van der Waals surface area contributed by atoms with E-state index in [1.807, 2.05) is 91.0 Å². The summed E-state index contributed by atoms with van der Waals surface area (Å²) in [7, 11) is 0. The van der Waals surface area contributed by atoms with E-state index in [-0.39, 0.29) is 37.9 Å². The van der Waals surface area contributed by atoms with Crippen LogP contribution in [0.4, 0.5) is 0 Å². The van der Waals surface area contributed by atoms with Crippen molar-refractivity contribution in [3.8, 4) is 0 Å². The van der Waals surface area contributed by atoms with E-state index in [0.29, 0.717) is 0 Å². The van der Waals surface area contributed by atoms with Crippen molar-refractivity contribution in [2.24, 2.45) is 0 Å². The monoisotopic (exact) mass is 573 g/mol. The van der Waals surface area contributed by atoms with Gasteiger partial charge in [0.1, 0.15) is 31.0 Å². The van der Waals surface area contributed by atoms with Crippen LogP contribution in [0.15, 0.2) is 103 Å². The van der Waals surface area contributed by atoms with Gasteiger partial charge in [-0.2, -0.15) is 0 Å². The number of hydrogen-bond donors (Lipinski definition) is 1. The number of ether oxygens (including phenoxy) is 6. The largest absolute Gasteiger partial charge is 0.457 e. The van der Waals surface area contributed by atoms with E-state index in [1.165, 1.54) is 6.92 Å². The molecule has 2 aliphatic heterocycles. The first kappa shape index (κ1) is 29.6. The summed E-state index contributed by atoms with van der Waals surface area (Å²) >= 11 is 0. The second-order valence-electron chi connectivity index (χ2n) is 10.2. The van der Waals surface area contributed by atoms with Gasteiger partial charge in [-0.25, -0.2) is 4.79 Å². The number of rotatable bonds is 11. The lowest BCUT2D eigenvalue weighted by molar-refractivity contribution is -0.349. The van der Waals surface area contributed by atoms with E-state index >= 15 is 0 Å². The Hall–Kier alpha value is -3.86. The second-order valence-corrected chi connectivity index (χ2v) is 10.2. The SMILES string of the molecule is C=C(CO[C@H]1[C@H](NC(C)=O)[C@H](OCc2ccccc2)O[C@H]2CO[C@@H](c3ccccc3)O[C@@H]12)C(=O)OCc1ccccc1. The van der Waals surface area contributed by atoms with Crippen molar-refractivity contribution in [3.63, 3.8) is 0 Å². The zero-order valence-corrected chi connectivity index (χ0v) is 23.4. The Morgan fingerprint density at radius 1 is 0.857 bits per heavy atom. The van der Waals surface area contributed by atoms with Gasteiger partial charge in [-0.1, -0.05) is 97.6 Å². The second kappa shape index (κ2) is 14.4. The van der Waals surface area contributed by atoms with Gasteiger partial charge in [0.05, 0.1) is 25.4 Å². The molecule has 2 heterocycles. The van der Waals surface area contributed by atoms with E-state index in [9.17, 15) is 9.59 Å². The highest BCUT2D eigenvalue weighted by molar-refractivity contribution is 5.87. The fraction of sp³-hybridized carbons (Fsp3) is 0.333. The molecule has 3 aromatic carbocycles. The van der Waals surface area contributed by atoms with Crippen molar-refractivity contribution in [3.05, 3.63) is 120 Å². The molecular formula is C33H35NO8. The molecule has 6 atom stereocenters. The van der Waals surface area contributed by atoms with Gasteiger partial charge < -0.3 is 33.7 Å². The Morgan fingerprint density at radius 3 is 2.12 bits per heavy atom. The van der Waals surface area contributed by atoms with Crippen LogP contribution in [-0.4, -0.2) is 55.7 Å². The Labute approximate surface area is 245 Å². The summed E-state index contributed by atoms with van der Waals surface area (Å²) < 4.78 is 36.6. The van der Waals surface area contributed by atoms with Gasteiger partial charge in [-0.3, -0.25) is 4.79 Å². The molecule has 0 spiro atoms. The third-order valence-electron chi connectivity index (χ3n) is 6.99. The van der Waals surface area contributed by atoms with Crippen LogP contribution in [0.3, 0.4) is 0 Å². The van der Waals surface area contributed by atoms with E-state index in [1.54, 1.807) is 0 Å². The summed E-state index contributed by atoms with van der Waals surface area (Å²) in [5.41, 5.74) is 2.77. The number of nitrogens with one attached hydrogen (secondary N) is 1. The summed E-state index contributed by atoms with van der Waals surface area (Å²) in [5, 5.41) is 2.92. The fourth-order valence-corrected chi connectivity index (χ4v) is 4.91. The van der Waals surface area contributed by atoms with Crippen LogP contribution in [0.5, 0.6) is 0 Å². The zero-order chi connectivity index (χ0) is 29.3. The number of carbonyl (C=O) groups excluding carboxylic acids is 2. The van der Waals surface area contributed by atoms with Gasteiger partial charge in [0.2, 0.25) is 5.91 Å². The average molecular weight is 574 g/mol. The molecule has 0 aliphatic carbocycles. The number of fused-ring (bicyclic) bond motifs is 1. The third-order valence-corrected chi connectivity index (χ3v) is 6.99. The van der Waals surface area contributed by atoms with Crippen LogP contribution in [0.2, 0.25) is 0 Å². The summed E-state index contributed by atoms with van der Waals surface area (Å²) in [4.78, 5) is 25.1. The lowest BCUT2D eigenvalue weighted by Gasteiger charge is -2.49. The van der Waals surface area contributed by atoms with E-state index in [4.69, 9.17) is 28.4 Å². The molecule has 1 N–H and O–H groups in total. The number of amides is 1. The third kappa shape index (κ3) is 7.70. The van der Waals surface area contributed by atoms with Crippen molar-refractivity contribution >= 4 is 11.9 Å².